The fourth-order valence-corrected chi connectivity index (χ4v) is 2.63. The van der Waals surface area contributed by atoms with Crippen molar-refractivity contribution < 1.29 is 18.6 Å². The van der Waals surface area contributed by atoms with Gasteiger partial charge >= 0.3 is 0 Å². The molecule has 0 saturated heterocycles. The van der Waals surface area contributed by atoms with E-state index in [0.29, 0.717) is 21.9 Å². The third kappa shape index (κ3) is 3.98. The van der Waals surface area contributed by atoms with Crippen molar-refractivity contribution in [3.05, 3.63) is 101 Å². The standard InChI is InChI=1S/C20H15ClF2O2/c21-16-5-11-19(12-6-16)25-13-20(24,14-1-7-17(22)8-2-14)15-3-9-18(23)10-4-15/h1-12,24H,13H2. The van der Waals surface area contributed by atoms with E-state index < -0.39 is 17.2 Å². The second kappa shape index (κ2) is 7.21. The topological polar surface area (TPSA) is 29.5 Å². The smallest absolute Gasteiger partial charge is 0.148 e. The van der Waals surface area contributed by atoms with Gasteiger partial charge in [0.1, 0.15) is 29.6 Å². The SMILES string of the molecule is OC(COc1ccc(Cl)cc1)(c1ccc(F)cc1)c1ccc(F)cc1. The van der Waals surface area contributed by atoms with Gasteiger partial charge in [-0.2, -0.15) is 0 Å². The Balaban J connectivity index is 1.94. The summed E-state index contributed by atoms with van der Waals surface area (Å²) in [6.45, 7) is -0.133. The van der Waals surface area contributed by atoms with Gasteiger partial charge in [-0.25, -0.2) is 8.78 Å². The molecule has 0 aliphatic carbocycles. The van der Waals surface area contributed by atoms with Crippen molar-refractivity contribution in [1.29, 1.82) is 0 Å². The number of benzene rings is 3. The lowest BCUT2D eigenvalue weighted by Gasteiger charge is -2.29. The van der Waals surface area contributed by atoms with Crippen molar-refractivity contribution >= 4 is 11.6 Å². The van der Waals surface area contributed by atoms with Crippen molar-refractivity contribution in [2.75, 3.05) is 6.61 Å². The molecule has 0 radical (unpaired) electrons. The maximum atomic E-state index is 13.2. The van der Waals surface area contributed by atoms with Crippen LogP contribution in [0.15, 0.2) is 72.8 Å². The molecule has 0 aromatic heterocycles. The van der Waals surface area contributed by atoms with Gasteiger partial charge in [0.2, 0.25) is 0 Å². The zero-order chi connectivity index (χ0) is 17.9. The maximum absolute atomic E-state index is 13.2. The van der Waals surface area contributed by atoms with E-state index in [-0.39, 0.29) is 6.61 Å². The summed E-state index contributed by atoms with van der Waals surface area (Å²) >= 11 is 5.85. The van der Waals surface area contributed by atoms with Crippen LogP contribution in [0.4, 0.5) is 8.78 Å². The third-order valence-electron chi connectivity index (χ3n) is 3.90. The van der Waals surface area contributed by atoms with Gasteiger partial charge < -0.3 is 9.84 Å². The largest absolute Gasteiger partial charge is 0.490 e. The minimum Gasteiger partial charge on any atom is -0.490 e. The van der Waals surface area contributed by atoms with Crippen molar-refractivity contribution in [3.8, 4) is 5.75 Å². The molecule has 0 bridgehead atoms. The van der Waals surface area contributed by atoms with Gasteiger partial charge in [0.25, 0.3) is 0 Å². The summed E-state index contributed by atoms with van der Waals surface area (Å²) in [6, 6.07) is 17.6. The first kappa shape index (κ1) is 17.4. The van der Waals surface area contributed by atoms with Crippen LogP contribution in [0.2, 0.25) is 5.02 Å². The Labute approximate surface area is 149 Å². The maximum Gasteiger partial charge on any atom is 0.148 e. The first-order valence-electron chi connectivity index (χ1n) is 7.60. The number of aliphatic hydroxyl groups is 1. The molecule has 3 rings (SSSR count). The van der Waals surface area contributed by atoms with Gasteiger partial charge in [-0.05, 0) is 59.7 Å². The van der Waals surface area contributed by atoms with Gasteiger partial charge in [0.15, 0.2) is 0 Å². The number of ether oxygens (including phenoxy) is 1. The second-order valence-corrected chi connectivity index (χ2v) is 6.05. The van der Waals surface area contributed by atoms with E-state index in [1.807, 2.05) is 0 Å². The highest BCUT2D eigenvalue weighted by molar-refractivity contribution is 6.30. The Kier molecular flexibility index (Phi) is 5.02. The highest BCUT2D eigenvalue weighted by Gasteiger charge is 2.33. The summed E-state index contributed by atoms with van der Waals surface area (Å²) < 4.78 is 32.2. The van der Waals surface area contributed by atoms with Crippen LogP contribution < -0.4 is 4.74 Å². The summed E-state index contributed by atoms with van der Waals surface area (Å²) in [6.07, 6.45) is 0. The Morgan fingerprint density at radius 1 is 0.760 bits per heavy atom. The molecule has 0 heterocycles. The highest BCUT2D eigenvalue weighted by Crippen LogP contribution is 2.31. The lowest BCUT2D eigenvalue weighted by molar-refractivity contribution is 0.0275. The fraction of sp³-hybridized carbons (Fsp3) is 0.100. The molecule has 0 aliphatic rings. The normalized spacial score (nSPS) is 11.4. The van der Waals surface area contributed by atoms with Crippen LogP contribution in [0, 0.1) is 11.6 Å². The Morgan fingerprint density at radius 2 is 1.20 bits per heavy atom. The van der Waals surface area contributed by atoms with Crippen LogP contribution in [0.3, 0.4) is 0 Å². The van der Waals surface area contributed by atoms with E-state index in [9.17, 15) is 13.9 Å². The quantitative estimate of drug-likeness (QED) is 0.698. The predicted molar refractivity (Wildman–Crippen MR) is 92.7 cm³/mol. The monoisotopic (exact) mass is 360 g/mol. The summed E-state index contributed by atoms with van der Waals surface area (Å²) in [7, 11) is 0. The molecule has 0 amide bonds. The lowest BCUT2D eigenvalue weighted by atomic mass is 9.87. The third-order valence-corrected chi connectivity index (χ3v) is 4.16. The van der Waals surface area contributed by atoms with Crippen LogP contribution in [-0.4, -0.2) is 11.7 Å². The molecule has 128 valence electrons. The van der Waals surface area contributed by atoms with E-state index in [4.69, 9.17) is 16.3 Å². The van der Waals surface area contributed by atoms with Gasteiger partial charge in [-0.1, -0.05) is 35.9 Å². The number of rotatable bonds is 5. The lowest BCUT2D eigenvalue weighted by Crippen LogP contribution is -2.34. The van der Waals surface area contributed by atoms with Crippen molar-refractivity contribution in [2.24, 2.45) is 0 Å². The summed E-state index contributed by atoms with van der Waals surface area (Å²) in [4.78, 5) is 0. The Hall–Kier alpha value is -2.43. The predicted octanol–water partition coefficient (Wildman–Crippen LogP) is 4.93. The summed E-state index contributed by atoms with van der Waals surface area (Å²) in [5, 5.41) is 11.8. The van der Waals surface area contributed by atoms with Crippen LogP contribution in [0.1, 0.15) is 11.1 Å². The van der Waals surface area contributed by atoms with E-state index in [1.54, 1.807) is 24.3 Å². The van der Waals surface area contributed by atoms with Crippen molar-refractivity contribution in [2.45, 2.75) is 5.60 Å². The van der Waals surface area contributed by atoms with E-state index in [2.05, 4.69) is 0 Å². The van der Waals surface area contributed by atoms with Crippen LogP contribution >= 0.6 is 11.6 Å². The van der Waals surface area contributed by atoms with Gasteiger partial charge in [-0.3, -0.25) is 0 Å². The second-order valence-electron chi connectivity index (χ2n) is 5.62. The fourth-order valence-electron chi connectivity index (χ4n) is 2.50. The summed E-state index contributed by atoms with van der Waals surface area (Å²) in [5.41, 5.74) is -0.690. The molecule has 5 heteroatoms. The number of hydrogen-bond acceptors (Lipinski definition) is 2. The van der Waals surface area contributed by atoms with Gasteiger partial charge in [0, 0.05) is 5.02 Å². The Bertz CT molecular complexity index is 786. The zero-order valence-electron chi connectivity index (χ0n) is 13.1. The average Bonchev–Trinajstić information content (AvgIpc) is 2.62. The van der Waals surface area contributed by atoms with Crippen LogP contribution in [0.25, 0.3) is 0 Å². The highest BCUT2D eigenvalue weighted by atomic mass is 35.5. The molecule has 1 N–H and O–H groups in total. The number of halogens is 3. The average molecular weight is 361 g/mol. The molecular formula is C20H15ClF2O2. The molecule has 3 aromatic rings. The minimum absolute atomic E-state index is 0.133. The van der Waals surface area contributed by atoms with Gasteiger partial charge in [-0.15, -0.1) is 0 Å². The molecule has 0 atom stereocenters. The van der Waals surface area contributed by atoms with E-state index >= 15 is 0 Å². The first-order valence-corrected chi connectivity index (χ1v) is 7.98. The summed E-state index contributed by atoms with van der Waals surface area (Å²) in [5.74, 6) is -0.306. The van der Waals surface area contributed by atoms with Crippen molar-refractivity contribution in [3.63, 3.8) is 0 Å². The molecule has 25 heavy (non-hydrogen) atoms. The molecule has 0 unspecified atom stereocenters. The van der Waals surface area contributed by atoms with Crippen LogP contribution in [0.5, 0.6) is 5.75 Å². The Morgan fingerprint density at radius 3 is 1.64 bits per heavy atom. The molecule has 2 nitrogen and oxygen atoms in total. The van der Waals surface area contributed by atoms with Gasteiger partial charge in [0.05, 0.1) is 0 Å². The molecule has 0 fully saturated rings. The molecular weight excluding hydrogens is 346 g/mol. The molecule has 0 aliphatic heterocycles. The minimum atomic E-state index is -1.57. The van der Waals surface area contributed by atoms with Crippen LogP contribution in [-0.2, 0) is 5.60 Å². The van der Waals surface area contributed by atoms with E-state index in [0.717, 1.165) is 0 Å². The number of hydrogen-bond donors (Lipinski definition) is 1. The molecule has 0 saturated carbocycles. The van der Waals surface area contributed by atoms with E-state index in [1.165, 1.54) is 48.5 Å². The zero-order valence-corrected chi connectivity index (χ0v) is 13.9. The molecule has 0 spiro atoms. The first-order chi connectivity index (χ1) is 12.0. The molecule has 3 aromatic carbocycles. The van der Waals surface area contributed by atoms with Crippen molar-refractivity contribution in [1.82, 2.24) is 0 Å².